The van der Waals surface area contributed by atoms with E-state index in [0.717, 1.165) is 11.3 Å². The number of Topliss-reactive ketones (excluding diaryl/α,β-unsaturated/α-hetero) is 1. The summed E-state index contributed by atoms with van der Waals surface area (Å²) in [5.74, 6) is 1.10. The summed E-state index contributed by atoms with van der Waals surface area (Å²) in [4.78, 5) is 27.2. The molecule has 0 unspecified atom stereocenters. The van der Waals surface area contributed by atoms with Gasteiger partial charge in [-0.15, -0.1) is 0 Å². The number of esters is 1. The minimum Gasteiger partial charge on any atom is -0.493 e. The second kappa shape index (κ2) is 11.7. The van der Waals surface area contributed by atoms with Gasteiger partial charge < -0.3 is 33.7 Å². The standard InChI is InChI=1S/C30H35NO8/c1-8-39-30(33)25-16(2)31-20-13-18(17-9-11-22(34-3)24(15-17)36-5)14-21(32)27(20)26(25)19-10-12-23(35-4)29(38-7)28(19)37-6/h9-12,15,18,26,31H,8,13-14H2,1-7H3/t18-,26-/m0/s1. The highest BCUT2D eigenvalue weighted by Crippen LogP contribution is 2.51. The average molecular weight is 538 g/mol. The van der Waals surface area contributed by atoms with Crippen LogP contribution in [0.25, 0.3) is 0 Å². The van der Waals surface area contributed by atoms with Crippen LogP contribution < -0.4 is 29.0 Å². The molecule has 0 fully saturated rings. The summed E-state index contributed by atoms with van der Waals surface area (Å²) in [6.45, 7) is 3.77. The minimum atomic E-state index is -0.714. The molecular weight excluding hydrogens is 502 g/mol. The molecule has 9 heteroatoms. The van der Waals surface area contributed by atoms with E-state index >= 15 is 0 Å². The number of allylic oxidation sites excluding steroid dienone is 3. The van der Waals surface area contributed by atoms with Crippen LogP contribution in [0.4, 0.5) is 0 Å². The molecule has 1 heterocycles. The molecule has 2 aromatic rings. The van der Waals surface area contributed by atoms with Crippen molar-refractivity contribution in [1.82, 2.24) is 5.32 Å². The highest BCUT2D eigenvalue weighted by molar-refractivity contribution is 6.04. The normalized spacial score (nSPS) is 18.7. The largest absolute Gasteiger partial charge is 0.493 e. The number of methoxy groups -OCH3 is 5. The van der Waals surface area contributed by atoms with E-state index in [1.807, 2.05) is 25.1 Å². The smallest absolute Gasteiger partial charge is 0.336 e. The van der Waals surface area contributed by atoms with Gasteiger partial charge in [-0.3, -0.25) is 4.79 Å². The van der Waals surface area contributed by atoms with Crippen molar-refractivity contribution in [2.75, 3.05) is 42.2 Å². The van der Waals surface area contributed by atoms with Crippen molar-refractivity contribution in [2.45, 2.75) is 38.5 Å². The highest BCUT2D eigenvalue weighted by atomic mass is 16.5. The number of carbonyl (C=O) groups excluding carboxylic acids is 2. The molecule has 0 spiro atoms. The molecular formula is C30H35NO8. The van der Waals surface area contributed by atoms with E-state index in [1.165, 1.54) is 21.3 Å². The third-order valence-electron chi connectivity index (χ3n) is 7.25. The molecule has 208 valence electrons. The number of ether oxygens (including phenoxy) is 6. The van der Waals surface area contributed by atoms with Crippen molar-refractivity contribution in [1.29, 1.82) is 0 Å². The van der Waals surface area contributed by atoms with Gasteiger partial charge in [0.05, 0.1) is 53.6 Å². The molecule has 0 saturated heterocycles. The maximum atomic E-state index is 14.0. The van der Waals surface area contributed by atoms with E-state index < -0.39 is 11.9 Å². The highest BCUT2D eigenvalue weighted by Gasteiger charge is 2.43. The first-order valence-corrected chi connectivity index (χ1v) is 12.7. The van der Waals surface area contributed by atoms with Crippen molar-refractivity contribution in [3.63, 3.8) is 0 Å². The molecule has 0 aromatic heterocycles. The first-order valence-electron chi connectivity index (χ1n) is 12.7. The van der Waals surface area contributed by atoms with Gasteiger partial charge in [0, 0.05) is 29.0 Å². The van der Waals surface area contributed by atoms with Crippen molar-refractivity contribution in [3.05, 3.63) is 64.0 Å². The van der Waals surface area contributed by atoms with Crippen LogP contribution in [0.3, 0.4) is 0 Å². The number of hydrogen-bond acceptors (Lipinski definition) is 9. The van der Waals surface area contributed by atoms with Crippen LogP contribution in [-0.4, -0.2) is 53.9 Å². The Balaban J connectivity index is 1.87. The Morgan fingerprint density at radius 3 is 2.15 bits per heavy atom. The van der Waals surface area contributed by atoms with Crippen LogP contribution in [-0.2, 0) is 14.3 Å². The first kappa shape index (κ1) is 27.9. The van der Waals surface area contributed by atoms with Crippen LogP contribution in [0.2, 0.25) is 0 Å². The van der Waals surface area contributed by atoms with Crippen molar-refractivity contribution < 1.29 is 38.0 Å². The maximum Gasteiger partial charge on any atom is 0.336 e. The van der Waals surface area contributed by atoms with Crippen LogP contribution in [0.5, 0.6) is 28.7 Å². The zero-order valence-electron chi connectivity index (χ0n) is 23.4. The van der Waals surface area contributed by atoms with Crippen LogP contribution >= 0.6 is 0 Å². The molecule has 2 aromatic carbocycles. The molecule has 2 atom stereocenters. The average Bonchev–Trinajstić information content (AvgIpc) is 2.94. The van der Waals surface area contributed by atoms with E-state index in [0.29, 0.717) is 57.6 Å². The van der Waals surface area contributed by atoms with E-state index in [9.17, 15) is 9.59 Å². The number of benzene rings is 2. The number of dihydropyridines is 1. The van der Waals surface area contributed by atoms with E-state index in [1.54, 1.807) is 33.3 Å². The fourth-order valence-corrected chi connectivity index (χ4v) is 5.52. The van der Waals surface area contributed by atoms with Crippen LogP contribution in [0.15, 0.2) is 52.9 Å². The SMILES string of the molecule is CCOC(=O)C1=C(C)NC2=C(C(=O)C[C@@H](c3ccc(OC)c(OC)c3)C2)[C@H]1c1ccc(OC)c(OC)c1OC. The minimum absolute atomic E-state index is 0.0697. The molecule has 0 amide bonds. The fraction of sp³-hybridized carbons (Fsp3) is 0.400. The second-order valence-corrected chi connectivity index (χ2v) is 9.28. The van der Waals surface area contributed by atoms with Gasteiger partial charge in [-0.25, -0.2) is 4.79 Å². The monoisotopic (exact) mass is 537 g/mol. The number of hydrogen-bond donors (Lipinski definition) is 1. The Hall–Kier alpha value is -4.14. The summed E-state index contributed by atoms with van der Waals surface area (Å²) >= 11 is 0. The van der Waals surface area contributed by atoms with Crippen molar-refractivity contribution in [2.24, 2.45) is 0 Å². The maximum absolute atomic E-state index is 14.0. The van der Waals surface area contributed by atoms with E-state index in [4.69, 9.17) is 28.4 Å². The van der Waals surface area contributed by atoms with E-state index in [2.05, 4.69) is 5.32 Å². The lowest BCUT2D eigenvalue weighted by atomic mass is 9.71. The van der Waals surface area contributed by atoms with Crippen molar-refractivity contribution in [3.8, 4) is 28.7 Å². The predicted octanol–water partition coefficient (Wildman–Crippen LogP) is 4.65. The molecule has 0 radical (unpaired) electrons. The number of ketones is 1. The molecule has 2 aliphatic rings. The Bertz CT molecular complexity index is 1340. The first-order chi connectivity index (χ1) is 18.8. The molecule has 1 aliphatic heterocycles. The lowest BCUT2D eigenvalue weighted by Crippen LogP contribution is -2.36. The summed E-state index contributed by atoms with van der Waals surface area (Å²) in [5.41, 5.74) is 3.84. The quantitative estimate of drug-likeness (QED) is 0.458. The summed E-state index contributed by atoms with van der Waals surface area (Å²) in [6.07, 6.45) is 0.827. The Morgan fingerprint density at radius 2 is 1.54 bits per heavy atom. The van der Waals surface area contributed by atoms with Gasteiger partial charge in [0.15, 0.2) is 28.8 Å². The van der Waals surface area contributed by atoms with Gasteiger partial charge in [0.25, 0.3) is 0 Å². The fourth-order valence-electron chi connectivity index (χ4n) is 5.52. The summed E-state index contributed by atoms with van der Waals surface area (Å²) in [7, 11) is 7.75. The van der Waals surface area contributed by atoms with Crippen LogP contribution in [0, 0.1) is 0 Å². The van der Waals surface area contributed by atoms with Gasteiger partial charge in [-0.2, -0.15) is 0 Å². The molecule has 39 heavy (non-hydrogen) atoms. The Kier molecular flexibility index (Phi) is 8.38. The predicted molar refractivity (Wildman–Crippen MR) is 145 cm³/mol. The van der Waals surface area contributed by atoms with Gasteiger partial charge in [0.2, 0.25) is 5.75 Å². The number of rotatable bonds is 9. The lowest BCUT2D eigenvalue weighted by molar-refractivity contribution is -0.138. The summed E-state index contributed by atoms with van der Waals surface area (Å²) in [5, 5.41) is 3.36. The van der Waals surface area contributed by atoms with Crippen molar-refractivity contribution >= 4 is 11.8 Å². The zero-order valence-corrected chi connectivity index (χ0v) is 23.4. The molecule has 1 aliphatic carbocycles. The third-order valence-corrected chi connectivity index (χ3v) is 7.25. The van der Waals surface area contributed by atoms with Gasteiger partial charge in [0.1, 0.15) is 0 Å². The Morgan fingerprint density at radius 1 is 0.872 bits per heavy atom. The third kappa shape index (κ3) is 5.01. The Labute approximate surface area is 228 Å². The van der Waals surface area contributed by atoms with Gasteiger partial charge in [-0.05, 0) is 49.9 Å². The zero-order chi connectivity index (χ0) is 28.3. The molecule has 9 nitrogen and oxygen atoms in total. The molecule has 1 N–H and O–H groups in total. The molecule has 4 rings (SSSR count). The van der Waals surface area contributed by atoms with Gasteiger partial charge >= 0.3 is 5.97 Å². The molecule has 0 bridgehead atoms. The van der Waals surface area contributed by atoms with Crippen LogP contribution in [0.1, 0.15) is 49.7 Å². The number of carbonyl (C=O) groups is 2. The van der Waals surface area contributed by atoms with Gasteiger partial charge in [-0.1, -0.05) is 12.1 Å². The second-order valence-electron chi connectivity index (χ2n) is 9.28. The summed E-state index contributed by atoms with van der Waals surface area (Å²) < 4.78 is 33.2. The lowest BCUT2D eigenvalue weighted by Gasteiger charge is -2.37. The van der Waals surface area contributed by atoms with E-state index in [-0.39, 0.29) is 24.7 Å². The number of nitrogens with one attached hydrogen (secondary N) is 1. The topological polar surface area (TPSA) is 102 Å². The molecule has 0 saturated carbocycles. The summed E-state index contributed by atoms with van der Waals surface area (Å²) in [6, 6.07) is 9.26.